The van der Waals surface area contributed by atoms with Crippen LogP contribution in [-0.2, 0) is 27.9 Å². The number of phosphoric acid groups is 1. The van der Waals surface area contributed by atoms with Gasteiger partial charge in [-0.2, -0.15) is 0 Å². The Labute approximate surface area is 492 Å². The lowest BCUT2D eigenvalue weighted by molar-refractivity contribution is -0.870. The van der Waals surface area contributed by atoms with Gasteiger partial charge in [0.2, 0.25) is 5.91 Å². The van der Waals surface area contributed by atoms with Gasteiger partial charge in [0.05, 0.1) is 33.8 Å². The van der Waals surface area contributed by atoms with Gasteiger partial charge >= 0.3 is 5.97 Å². The van der Waals surface area contributed by atoms with Gasteiger partial charge in [-0.25, -0.2) is 0 Å². The largest absolute Gasteiger partial charge is 0.756 e. The van der Waals surface area contributed by atoms with E-state index in [9.17, 15) is 19.0 Å². The molecule has 1 N–H and O–H groups in total. The van der Waals surface area contributed by atoms with Crippen LogP contribution in [-0.4, -0.2) is 69.4 Å². The van der Waals surface area contributed by atoms with Gasteiger partial charge in [-0.1, -0.05) is 309 Å². The molecule has 9 nitrogen and oxygen atoms in total. The molecule has 3 atom stereocenters. The molecule has 0 aromatic heterocycles. The highest BCUT2D eigenvalue weighted by atomic mass is 31.2. The van der Waals surface area contributed by atoms with Crippen molar-refractivity contribution in [1.82, 2.24) is 5.32 Å². The first-order valence-corrected chi connectivity index (χ1v) is 36.1. The van der Waals surface area contributed by atoms with Gasteiger partial charge in [0.1, 0.15) is 19.3 Å². The Balaban J connectivity index is 5.04. The Kier molecular flexibility index (Phi) is 58.5. The van der Waals surface area contributed by atoms with Crippen molar-refractivity contribution in [2.45, 2.75) is 367 Å². The van der Waals surface area contributed by atoms with Crippen molar-refractivity contribution >= 4 is 19.7 Å². The molecule has 0 spiro atoms. The third kappa shape index (κ3) is 60.9. The van der Waals surface area contributed by atoms with Gasteiger partial charge in [-0.15, -0.1) is 0 Å². The molecular weight excluding hydrogens is 1000 g/mol. The van der Waals surface area contributed by atoms with Gasteiger partial charge in [-0.05, 0) is 57.4 Å². The number of carbonyl (C=O) groups is 2. The molecule has 0 aliphatic heterocycles. The average Bonchev–Trinajstić information content (AvgIpc) is 3.41. The Morgan fingerprint density at radius 2 is 0.734 bits per heavy atom. The summed E-state index contributed by atoms with van der Waals surface area (Å²) < 4.78 is 30.4. The van der Waals surface area contributed by atoms with Crippen LogP contribution in [0.1, 0.15) is 355 Å². The third-order valence-corrected chi connectivity index (χ3v) is 16.8. The Hall–Kier alpha value is -1.51. The summed E-state index contributed by atoms with van der Waals surface area (Å²) in [6, 6.07) is -0.883. The first kappa shape index (κ1) is 77.5. The summed E-state index contributed by atoms with van der Waals surface area (Å²) in [7, 11) is 1.20. The molecule has 0 aromatic carbocycles. The quantitative estimate of drug-likeness (QED) is 0.0212. The van der Waals surface area contributed by atoms with Crippen LogP contribution in [0.2, 0.25) is 0 Å². The molecule has 0 radical (unpaired) electrons. The van der Waals surface area contributed by atoms with E-state index in [0.29, 0.717) is 17.4 Å². The minimum Gasteiger partial charge on any atom is -0.756 e. The second kappa shape index (κ2) is 59.6. The smallest absolute Gasteiger partial charge is 0.306 e. The Bertz CT molecular complexity index is 1400. The van der Waals surface area contributed by atoms with Crippen molar-refractivity contribution in [2.75, 3.05) is 40.9 Å². The molecule has 0 aliphatic carbocycles. The van der Waals surface area contributed by atoms with Gasteiger partial charge in [0.25, 0.3) is 7.82 Å². The molecule has 0 bridgehead atoms. The number of quaternary nitrogens is 1. The number of carbonyl (C=O) groups excluding carboxylic acids is 2. The maximum atomic E-state index is 13.6. The van der Waals surface area contributed by atoms with Crippen LogP contribution in [0.25, 0.3) is 0 Å². The highest BCUT2D eigenvalue weighted by Crippen LogP contribution is 2.38. The molecule has 79 heavy (non-hydrogen) atoms. The number of unbranched alkanes of at least 4 members (excludes halogenated alkanes) is 46. The summed E-state index contributed by atoms with van der Waals surface area (Å²) in [5, 5.41) is 3.04. The summed E-state index contributed by atoms with van der Waals surface area (Å²) in [6.07, 6.45) is 71.6. The maximum absolute atomic E-state index is 13.6. The number of amides is 1. The van der Waals surface area contributed by atoms with E-state index in [1.165, 1.54) is 263 Å². The zero-order chi connectivity index (χ0) is 57.9. The number of likely N-dealkylation sites (N-methyl/N-ethyl adjacent to an activating group) is 1. The number of hydrogen-bond acceptors (Lipinski definition) is 7. The van der Waals surface area contributed by atoms with E-state index in [-0.39, 0.29) is 31.5 Å². The summed E-state index contributed by atoms with van der Waals surface area (Å²) in [5.41, 5.74) is 0. The minimum atomic E-state index is -4.70. The molecule has 0 heterocycles. The SMILES string of the molecule is CCCCCCCC/C=C/CCCCCCCCCCCCCC(=O)NC(COP(=O)([O-])OCC[N+](C)(C)C)C(/C=C/CCCCCCCCCCC)OC(=O)CCCCCCCCCCCCCCCCCCCCCCC. The van der Waals surface area contributed by atoms with Crippen molar-refractivity contribution in [1.29, 1.82) is 0 Å². The van der Waals surface area contributed by atoms with E-state index in [2.05, 4.69) is 38.2 Å². The first-order chi connectivity index (χ1) is 38.4. The number of esters is 1. The zero-order valence-electron chi connectivity index (χ0n) is 53.6. The van der Waals surface area contributed by atoms with Crippen LogP contribution in [0.3, 0.4) is 0 Å². The van der Waals surface area contributed by atoms with Gasteiger partial charge in [-0.3, -0.25) is 14.2 Å². The van der Waals surface area contributed by atoms with E-state index in [1.807, 2.05) is 33.3 Å². The number of ether oxygens (including phenoxy) is 1. The molecule has 0 saturated heterocycles. The number of rotatable bonds is 64. The van der Waals surface area contributed by atoms with Crippen molar-refractivity contribution in [3.8, 4) is 0 Å². The van der Waals surface area contributed by atoms with E-state index in [1.54, 1.807) is 0 Å². The summed E-state index contributed by atoms with van der Waals surface area (Å²) >= 11 is 0. The van der Waals surface area contributed by atoms with Crippen LogP contribution in [0.5, 0.6) is 0 Å². The summed E-state index contributed by atoms with van der Waals surface area (Å²) in [4.78, 5) is 40.1. The molecular formula is C69H135N2O7P. The fourth-order valence-electron chi connectivity index (χ4n) is 10.5. The monoisotopic (exact) mass is 1140 g/mol. The molecule has 468 valence electrons. The van der Waals surface area contributed by atoms with E-state index < -0.39 is 20.0 Å². The third-order valence-electron chi connectivity index (χ3n) is 15.9. The van der Waals surface area contributed by atoms with Crippen molar-refractivity contribution in [3.05, 3.63) is 24.3 Å². The fourth-order valence-corrected chi connectivity index (χ4v) is 11.2. The van der Waals surface area contributed by atoms with Crippen molar-refractivity contribution < 1.29 is 37.3 Å². The summed E-state index contributed by atoms with van der Waals surface area (Å²) in [6.45, 7) is 6.90. The van der Waals surface area contributed by atoms with Crippen LogP contribution >= 0.6 is 7.82 Å². The van der Waals surface area contributed by atoms with E-state index >= 15 is 0 Å². The topological polar surface area (TPSA) is 114 Å². The van der Waals surface area contributed by atoms with Crippen LogP contribution in [0.4, 0.5) is 0 Å². The average molecular weight is 1140 g/mol. The molecule has 0 fully saturated rings. The standard InChI is InChI=1S/C69H135N2O7P/c1-7-10-13-16-19-22-25-27-29-31-33-35-37-39-41-43-46-49-52-55-58-61-68(72)70-66(65-77-79(74,75)76-64-63-71(4,5)6)67(60-57-54-51-48-45-24-21-18-15-12-9-3)78-69(73)62-59-56-53-50-47-44-42-40-38-36-34-32-30-28-26-23-20-17-14-11-8-2/h27,29,57,60,66-67H,7-26,28,30-56,58-59,61-65H2,1-6H3,(H-,70,72,74,75)/b29-27+,60-57+. The number of phosphoric ester groups is 1. The zero-order valence-corrected chi connectivity index (χ0v) is 54.5. The number of allylic oxidation sites excluding steroid dienone is 3. The number of nitrogens with one attached hydrogen (secondary N) is 1. The fraction of sp³-hybridized carbons (Fsp3) is 0.913. The highest BCUT2D eigenvalue weighted by molar-refractivity contribution is 7.45. The van der Waals surface area contributed by atoms with Gasteiger partial charge in [0, 0.05) is 12.8 Å². The lowest BCUT2D eigenvalue weighted by Crippen LogP contribution is -2.47. The van der Waals surface area contributed by atoms with Crippen molar-refractivity contribution in [3.63, 3.8) is 0 Å². The lowest BCUT2D eigenvalue weighted by atomic mass is 10.0. The highest BCUT2D eigenvalue weighted by Gasteiger charge is 2.27. The lowest BCUT2D eigenvalue weighted by Gasteiger charge is -2.30. The Morgan fingerprint density at radius 1 is 0.430 bits per heavy atom. The molecule has 0 aromatic rings. The summed E-state index contributed by atoms with van der Waals surface area (Å²) in [5.74, 6) is -0.521. The predicted octanol–water partition coefficient (Wildman–Crippen LogP) is 21.0. The van der Waals surface area contributed by atoms with Crippen LogP contribution in [0, 0.1) is 0 Å². The normalized spacial score (nSPS) is 13.7. The molecule has 0 saturated carbocycles. The second-order valence-corrected chi connectivity index (χ2v) is 26.5. The van der Waals surface area contributed by atoms with Crippen LogP contribution < -0.4 is 10.2 Å². The Morgan fingerprint density at radius 3 is 1.08 bits per heavy atom. The minimum absolute atomic E-state index is 0.0185. The predicted molar refractivity (Wildman–Crippen MR) is 340 cm³/mol. The van der Waals surface area contributed by atoms with Crippen LogP contribution in [0.15, 0.2) is 24.3 Å². The first-order valence-electron chi connectivity index (χ1n) is 34.6. The van der Waals surface area contributed by atoms with E-state index in [0.717, 1.165) is 57.8 Å². The second-order valence-electron chi connectivity index (χ2n) is 25.0. The molecule has 1 amide bonds. The van der Waals surface area contributed by atoms with Gasteiger partial charge < -0.3 is 28.5 Å². The molecule has 0 rings (SSSR count). The number of nitrogens with zero attached hydrogens (tertiary/aromatic N) is 1. The number of hydrogen-bond donors (Lipinski definition) is 1. The maximum Gasteiger partial charge on any atom is 0.306 e. The van der Waals surface area contributed by atoms with Gasteiger partial charge in [0.15, 0.2) is 0 Å². The van der Waals surface area contributed by atoms with E-state index in [4.69, 9.17) is 13.8 Å². The van der Waals surface area contributed by atoms with Crippen molar-refractivity contribution in [2.24, 2.45) is 0 Å². The molecule has 3 unspecified atom stereocenters. The molecule has 0 aliphatic rings. The molecule has 10 heteroatoms.